The Kier molecular flexibility index (Phi) is 6.07. The van der Waals surface area contributed by atoms with Crippen molar-refractivity contribution in [2.24, 2.45) is 0 Å². The summed E-state index contributed by atoms with van der Waals surface area (Å²) in [6.07, 6.45) is 1.26. The van der Waals surface area contributed by atoms with Crippen molar-refractivity contribution in [2.45, 2.75) is 26.1 Å². The SMILES string of the molecule is COc1ccc(Cl)cc1N/C=C(/C#N)C(=O)N1CC(C)OC(C)C1. The maximum Gasteiger partial charge on any atom is 0.266 e. The first-order valence-corrected chi connectivity index (χ1v) is 7.97. The molecule has 7 heteroatoms. The van der Waals surface area contributed by atoms with Crippen LogP contribution in [0.1, 0.15) is 13.8 Å². The summed E-state index contributed by atoms with van der Waals surface area (Å²) in [6, 6.07) is 7.01. The molecule has 1 fully saturated rings. The number of benzene rings is 1. The van der Waals surface area contributed by atoms with E-state index in [9.17, 15) is 10.1 Å². The van der Waals surface area contributed by atoms with E-state index < -0.39 is 0 Å². The Balaban J connectivity index is 2.16. The van der Waals surface area contributed by atoms with Gasteiger partial charge in [-0.15, -0.1) is 0 Å². The molecule has 1 aliphatic rings. The van der Waals surface area contributed by atoms with Crippen LogP contribution in [-0.2, 0) is 9.53 Å². The Bertz CT molecular complexity index is 674. The lowest BCUT2D eigenvalue weighted by Gasteiger charge is -2.35. The van der Waals surface area contributed by atoms with Gasteiger partial charge in [-0.1, -0.05) is 11.6 Å². The summed E-state index contributed by atoms with van der Waals surface area (Å²) in [5, 5.41) is 12.8. The van der Waals surface area contributed by atoms with E-state index in [1.54, 1.807) is 23.1 Å². The molecule has 0 bridgehead atoms. The quantitative estimate of drug-likeness (QED) is 0.668. The van der Waals surface area contributed by atoms with E-state index >= 15 is 0 Å². The maximum atomic E-state index is 12.5. The molecule has 1 amide bonds. The number of hydrogen-bond donors (Lipinski definition) is 1. The first-order valence-electron chi connectivity index (χ1n) is 7.59. The van der Waals surface area contributed by atoms with Gasteiger partial charge in [-0.2, -0.15) is 5.26 Å². The van der Waals surface area contributed by atoms with Crippen LogP contribution in [0.3, 0.4) is 0 Å². The van der Waals surface area contributed by atoms with Crippen LogP contribution in [0.2, 0.25) is 5.02 Å². The zero-order chi connectivity index (χ0) is 17.7. The van der Waals surface area contributed by atoms with Crippen LogP contribution < -0.4 is 10.1 Å². The Hall–Kier alpha value is -2.23. The highest BCUT2D eigenvalue weighted by Crippen LogP contribution is 2.27. The molecule has 0 radical (unpaired) electrons. The van der Waals surface area contributed by atoms with Gasteiger partial charge >= 0.3 is 0 Å². The number of amides is 1. The molecule has 2 atom stereocenters. The second-order valence-corrected chi connectivity index (χ2v) is 6.06. The summed E-state index contributed by atoms with van der Waals surface area (Å²) < 4.78 is 10.8. The third-order valence-corrected chi connectivity index (χ3v) is 3.83. The summed E-state index contributed by atoms with van der Waals surface area (Å²) in [6.45, 7) is 4.73. The molecular formula is C17H20ClN3O3. The van der Waals surface area contributed by atoms with Crippen LogP contribution in [0.25, 0.3) is 0 Å². The van der Waals surface area contributed by atoms with Gasteiger partial charge in [0.15, 0.2) is 0 Å². The number of rotatable bonds is 4. The summed E-state index contributed by atoms with van der Waals surface area (Å²) in [5.41, 5.74) is 0.590. The minimum Gasteiger partial charge on any atom is -0.495 e. The van der Waals surface area contributed by atoms with E-state index in [-0.39, 0.29) is 23.7 Å². The molecule has 1 aromatic carbocycles. The van der Waals surface area contributed by atoms with Crippen molar-refractivity contribution in [1.82, 2.24) is 4.90 Å². The number of nitrogens with one attached hydrogen (secondary N) is 1. The zero-order valence-corrected chi connectivity index (χ0v) is 14.6. The lowest BCUT2D eigenvalue weighted by molar-refractivity contribution is -0.138. The Morgan fingerprint density at radius 2 is 2.12 bits per heavy atom. The molecule has 1 heterocycles. The molecule has 1 aromatic rings. The molecule has 0 aliphatic carbocycles. The van der Waals surface area contributed by atoms with Crippen LogP contribution >= 0.6 is 11.6 Å². The van der Waals surface area contributed by atoms with Crippen molar-refractivity contribution in [3.8, 4) is 11.8 Å². The van der Waals surface area contributed by atoms with E-state index in [2.05, 4.69) is 5.32 Å². The van der Waals surface area contributed by atoms with Gasteiger partial charge in [-0.3, -0.25) is 4.79 Å². The monoisotopic (exact) mass is 349 g/mol. The fourth-order valence-corrected chi connectivity index (χ4v) is 2.77. The van der Waals surface area contributed by atoms with Crippen LogP contribution in [0.5, 0.6) is 5.75 Å². The minimum atomic E-state index is -0.326. The first-order chi connectivity index (χ1) is 11.4. The van der Waals surface area contributed by atoms with Gasteiger partial charge in [0.1, 0.15) is 17.4 Å². The average molecular weight is 350 g/mol. The average Bonchev–Trinajstić information content (AvgIpc) is 2.54. The van der Waals surface area contributed by atoms with Crippen molar-refractivity contribution in [2.75, 3.05) is 25.5 Å². The molecule has 2 rings (SSSR count). The number of nitriles is 1. The Labute approximate surface area is 146 Å². The number of halogens is 1. The molecule has 1 N–H and O–H groups in total. The number of carbonyl (C=O) groups is 1. The third-order valence-electron chi connectivity index (χ3n) is 3.59. The molecule has 0 spiro atoms. The molecule has 24 heavy (non-hydrogen) atoms. The summed E-state index contributed by atoms with van der Waals surface area (Å²) in [5.74, 6) is 0.238. The Morgan fingerprint density at radius 3 is 2.71 bits per heavy atom. The van der Waals surface area contributed by atoms with Crippen molar-refractivity contribution in [1.29, 1.82) is 5.26 Å². The summed E-state index contributed by atoms with van der Waals surface area (Å²) in [4.78, 5) is 14.2. The fraction of sp³-hybridized carbons (Fsp3) is 0.412. The highest BCUT2D eigenvalue weighted by atomic mass is 35.5. The zero-order valence-electron chi connectivity index (χ0n) is 13.9. The van der Waals surface area contributed by atoms with Crippen molar-refractivity contribution >= 4 is 23.2 Å². The lowest BCUT2D eigenvalue weighted by Crippen LogP contribution is -2.48. The number of morpholine rings is 1. The first kappa shape index (κ1) is 18.1. The summed E-state index contributed by atoms with van der Waals surface area (Å²) in [7, 11) is 1.53. The van der Waals surface area contributed by atoms with Crippen LogP contribution in [0.15, 0.2) is 30.0 Å². The third kappa shape index (κ3) is 4.40. The van der Waals surface area contributed by atoms with Crippen molar-refractivity contribution in [3.05, 3.63) is 35.0 Å². The van der Waals surface area contributed by atoms with Gasteiger partial charge in [0.2, 0.25) is 0 Å². The van der Waals surface area contributed by atoms with Gasteiger partial charge in [-0.05, 0) is 32.0 Å². The highest BCUT2D eigenvalue weighted by molar-refractivity contribution is 6.30. The van der Waals surface area contributed by atoms with E-state index in [1.165, 1.54) is 13.3 Å². The van der Waals surface area contributed by atoms with Crippen LogP contribution in [-0.4, -0.2) is 43.2 Å². The lowest BCUT2D eigenvalue weighted by atomic mass is 10.2. The van der Waals surface area contributed by atoms with Crippen molar-refractivity contribution < 1.29 is 14.3 Å². The molecule has 2 unspecified atom stereocenters. The predicted molar refractivity (Wildman–Crippen MR) is 91.9 cm³/mol. The smallest absolute Gasteiger partial charge is 0.266 e. The van der Waals surface area contributed by atoms with Crippen LogP contribution in [0, 0.1) is 11.3 Å². The molecule has 6 nitrogen and oxygen atoms in total. The molecule has 1 aliphatic heterocycles. The standard InChI is InChI=1S/C17H20ClN3O3/c1-11-9-21(10-12(2)24-11)17(22)13(7-19)8-20-15-6-14(18)4-5-16(15)23-3/h4-6,8,11-12,20H,9-10H2,1-3H3/b13-8-. The van der Waals surface area contributed by atoms with Crippen LogP contribution in [0.4, 0.5) is 5.69 Å². The topological polar surface area (TPSA) is 74.6 Å². The van der Waals surface area contributed by atoms with Gasteiger partial charge < -0.3 is 19.7 Å². The van der Waals surface area contributed by atoms with Gasteiger partial charge in [0, 0.05) is 24.3 Å². The second kappa shape index (κ2) is 8.04. The van der Waals surface area contributed by atoms with E-state index in [1.807, 2.05) is 19.9 Å². The molecule has 128 valence electrons. The molecule has 0 aromatic heterocycles. The Morgan fingerprint density at radius 1 is 1.46 bits per heavy atom. The number of hydrogen-bond acceptors (Lipinski definition) is 5. The van der Waals surface area contributed by atoms with Gasteiger partial charge in [-0.25, -0.2) is 0 Å². The molecule has 1 saturated heterocycles. The fourth-order valence-electron chi connectivity index (χ4n) is 2.60. The molecule has 0 saturated carbocycles. The number of methoxy groups -OCH3 is 1. The largest absolute Gasteiger partial charge is 0.495 e. The second-order valence-electron chi connectivity index (χ2n) is 5.63. The van der Waals surface area contributed by atoms with E-state index in [0.29, 0.717) is 29.5 Å². The van der Waals surface area contributed by atoms with Gasteiger partial charge in [0.05, 0.1) is 25.0 Å². The highest BCUT2D eigenvalue weighted by Gasteiger charge is 2.27. The van der Waals surface area contributed by atoms with Crippen molar-refractivity contribution in [3.63, 3.8) is 0 Å². The minimum absolute atomic E-state index is 0.0123. The predicted octanol–water partition coefficient (Wildman–Crippen LogP) is 2.80. The van der Waals surface area contributed by atoms with E-state index in [4.69, 9.17) is 21.1 Å². The maximum absolute atomic E-state index is 12.5. The number of anilines is 1. The summed E-state index contributed by atoms with van der Waals surface area (Å²) >= 11 is 5.97. The van der Waals surface area contributed by atoms with Gasteiger partial charge in [0.25, 0.3) is 5.91 Å². The number of carbonyl (C=O) groups excluding carboxylic acids is 1. The number of ether oxygens (including phenoxy) is 2. The molecular weight excluding hydrogens is 330 g/mol. The number of nitrogens with zero attached hydrogens (tertiary/aromatic N) is 2. The normalized spacial score (nSPS) is 21.1. The van der Waals surface area contributed by atoms with E-state index in [0.717, 1.165) is 0 Å².